The van der Waals surface area contributed by atoms with Crippen LogP contribution in [0.15, 0.2) is 0 Å². The monoisotopic (exact) mass is 338 g/mol. The molecule has 0 heterocycles. The normalized spacial score (nSPS) is 39.0. The second kappa shape index (κ2) is 6.28. The highest BCUT2D eigenvalue weighted by molar-refractivity contribution is 5.76. The van der Waals surface area contributed by atoms with Crippen LogP contribution in [0.4, 0.5) is 0 Å². The molecule has 0 aliphatic heterocycles. The van der Waals surface area contributed by atoms with Crippen LogP contribution in [-0.2, 0) is 19.0 Å². The van der Waals surface area contributed by atoms with Gasteiger partial charge in [-0.05, 0) is 78.1 Å². The number of hydrogen-bond acceptors (Lipinski definition) is 4. The number of esters is 1. The lowest BCUT2D eigenvalue weighted by Gasteiger charge is -2.61. The van der Waals surface area contributed by atoms with Crippen LogP contribution in [0.1, 0.15) is 79.6 Å². The van der Waals surface area contributed by atoms with E-state index in [1.807, 2.05) is 27.7 Å². The fourth-order valence-electron chi connectivity index (χ4n) is 5.45. The molecule has 4 rings (SSSR count). The zero-order valence-electron chi connectivity index (χ0n) is 16.0. The van der Waals surface area contributed by atoms with Gasteiger partial charge < -0.3 is 14.2 Å². The van der Waals surface area contributed by atoms with Crippen LogP contribution in [0.25, 0.3) is 0 Å². The Labute approximate surface area is 146 Å². The van der Waals surface area contributed by atoms with Gasteiger partial charge in [0.25, 0.3) is 0 Å². The number of hydrogen-bond donors (Lipinski definition) is 0. The van der Waals surface area contributed by atoms with Crippen LogP contribution in [-0.4, -0.2) is 30.1 Å². The quantitative estimate of drug-likeness (QED) is 0.508. The standard InChI is InChI=1S/C20H34O4/c1-6-18(4,5)17(21)24-20-11-15-8-16(12-20)10-19(9-15,13-20)23-14(3)22-7-2/h14-16H,6-13H2,1-5H3. The number of carbonyl (C=O) groups excluding carboxylic acids is 1. The molecule has 24 heavy (non-hydrogen) atoms. The Bertz CT molecular complexity index is 470. The third-order valence-corrected chi connectivity index (χ3v) is 6.52. The first-order chi connectivity index (χ1) is 11.2. The van der Waals surface area contributed by atoms with Gasteiger partial charge in [-0.3, -0.25) is 4.79 Å². The molecule has 3 atom stereocenters. The second-order valence-electron chi connectivity index (χ2n) is 9.09. The first-order valence-corrected chi connectivity index (χ1v) is 9.74. The molecule has 0 aromatic heterocycles. The van der Waals surface area contributed by atoms with E-state index < -0.39 is 5.41 Å². The highest BCUT2D eigenvalue weighted by Gasteiger charge is 2.61. The summed E-state index contributed by atoms with van der Waals surface area (Å²) in [7, 11) is 0. The van der Waals surface area contributed by atoms with Crippen molar-refractivity contribution in [1.29, 1.82) is 0 Å². The predicted octanol–water partition coefficient (Wildman–Crippen LogP) is 4.46. The number of carbonyl (C=O) groups is 1. The van der Waals surface area contributed by atoms with Gasteiger partial charge in [0.2, 0.25) is 0 Å². The summed E-state index contributed by atoms with van der Waals surface area (Å²) >= 11 is 0. The molecule has 4 aliphatic rings. The molecule has 4 aliphatic carbocycles. The van der Waals surface area contributed by atoms with E-state index in [9.17, 15) is 4.79 Å². The molecular weight excluding hydrogens is 304 g/mol. The van der Waals surface area contributed by atoms with Gasteiger partial charge in [0.15, 0.2) is 6.29 Å². The van der Waals surface area contributed by atoms with E-state index in [1.165, 1.54) is 6.42 Å². The summed E-state index contributed by atoms with van der Waals surface area (Å²) in [6.45, 7) is 10.7. The van der Waals surface area contributed by atoms with E-state index in [-0.39, 0.29) is 23.5 Å². The Balaban J connectivity index is 1.77. The van der Waals surface area contributed by atoms with Gasteiger partial charge in [-0.2, -0.15) is 0 Å². The van der Waals surface area contributed by atoms with E-state index in [0.29, 0.717) is 18.4 Å². The average Bonchev–Trinajstić information content (AvgIpc) is 2.44. The summed E-state index contributed by atoms with van der Waals surface area (Å²) in [5.41, 5.74) is -0.870. The van der Waals surface area contributed by atoms with Crippen LogP contribution in [0.5, 0.6) is 0 Å². The number of rotatable bonds is 7. The Hall–Kier alpha value is -0.610. The third-order valence-electron chi connectivity index (χ3n) is 6.52. The molecule has 4 nitrogen and oxygen atoms in total. The van der Waals surface area contributed by atoms with E-state index in [2.05, 4.69) is 6.92 Å². The van der Waals surface area contributed by atoms with Crippen molar-refractivity contribution in [3.63, 3.8) is 0 Å². The van der Waals surface area contributed by atoms with Crippen LogP contribution in [0.2, 0.25) is 0 Å². The Morgan fingerprint density at radius 1 is 1.12 bits per heavy atom. The Kier molecular flexibility index (Phi) is 4.76. The SMILES string of the molecule is CCOC(C)OC12CC3CC(CC(OC(=O)C(C)(C)CC)(C3)C1)C2. The molecule has 0 aromatic rings. The van der Waals surface area contributed by atoms with Crippen molar-refractivity contribution in [2.45, 2.75) is 97.1 Å². The zero-order valence-corrected chi connectivity index (χ0v) is 16.0. The molecule has 138 valence electrons. The Morgan fingerprint density at radius 3 is 2.25 bits per heavy atom. The molecule has 0 radical (unpaired) electrons. The average molecular weight is 338 g/mol. The van der Waals surface area contributed by atoms with Crippen molar-refractivity contribution in [1.82, 2.24) is 0 Å². The van der Waals surface area contributed by atoms with Crippen molar-refractivity contribution >= 4 is 5.97 Å². The van der Waals surface area contributed by atoms with Gasteiger partial charge in [-0.15, -0.1) is 0 Å². The summed E-state index contributed by atoms with van der Waals surface area (Å²) in [6.07, 6.45) is 6.95. The van der Waals surface area contributed by atoms with E-state index in [1.54, 1.807) is 0 Å². The number of ether oxygens (including phenoxy) is 3. The van der Waals surface area contributed by atoms with Crippen LogP contribution in [0, 0.1) is 17.3 Å². The fraction of sp³-hybridized carbons (Fsp3) is 0.950. The zero-order chi connectivity index (χ0) is 17.6. The molecule has 0 saturated heterocycles. The minimum absolute atomic E-state index is 0.0417. The predicted molar refractivity (Wildman–Crippen MR) is 92.5 cm³/mol. The largest absolute Gasteiger partial charge is 0.459 e. The molecule has 3 unspecified atom stereocenters. The van der Waals surface area contributed by atoms with Crippen LogP contribution < -0.4 is 0 Å². The maximum atomic E-state index is 12.7. The van der Waals surface area contributed by atoms with Crippen molar-refractivity contribution < 1.29 is 19.0 Å². The van der Waals surface area contributed by atoms with Crippen molar-refractivity contribution in [3.05, 3.63) is 0 Å². The van der Waals surface area contributed by atoms with Gasteiger partial charge >= 0.3 is 5.97 Å². The smallest absolute Gasteiger partial charge is 0.312 e. The summed E-state index contributed by atoms with van der Waals surface area (Å²) in [5, 5.41) is 0. The molecular formula is C20H34O4. The van der Waals surface area contributed by atoms with Gasteiger partial charge in [0.1, 0.15) is 5.60 Å². The lowest BCUT2D eigenvalue weighted by Crippen LogP contribution is -2.62. The van der Waals surface area contributed by atoms with E-state index in [4.69, 9.17) is 14.2 Å². The molecule has 4 heteroatoms. The minimum Gasteiger partial charge on any atom is -0.459 e. The summed E-state index contributed by atoms with van der Waals surface area (Å²) in [5.74, 6) is 1.20. The molecule has 4 bridgehead atoms. The molecule has 4 fully saturated rings. The molecule has 0 aromatic carbocycles. The lowest BCUT2D eigenvalue weighted by molar-refractivity contribution is -0.280. The maximum absolute atomic E-state index is 12.7. The lowest BCUT2D eigenvalue weighted by atomic mass is 9.52. The topological polar surface area (TPSA) is 44.8 Å². The van der Waals surface area contributed by atoms with Gasteiger partial charge in [0.05, 0.1) is 11.0 Å². The summed E-state index contributed by atoms with van der Waals surface area (Å²) < 4.78 is 18.2. The van der Waals surface area contributed by atoms with E-state index >= 15 is 0 Å². The summed E-state index contributed by atoms with van der Waals surface area (Å²) in [4.78, 5) is 12.7. The van der Waals surface area contributed by atoms with Crippen molar-refractivity contribution in [2.75, 3.05) is 6.61 Å². The first-order valence-electron chi connectivity index (χ1n) is 9.74. The Morgan fingerprint density at radius 2 is 1.71 bits per heavy atom. The second-order valence-corrected chi connectivity index (χ2v) is 9.09. The minimum atomic E-state index is -0.407. The maximum Gasteiger partial charge on any atom is 0.312 e. The van der Waals surface area contributed by atoms with Crippen LogP contribution in [0.3, 0.4) is 0 Å². The summed E-state index contributed by atoms with van der Waals surface area (Å²) in [6, 6.07) is 0. The van der Waals surface area contributed by atoms with Crippen molar-refractivity contribution in [3.8, 4) is 0 Å². The highest BCUT2D eigenvalue weighted by atomic mass is 16.7. The van der Waals surface area contributed by atoms with Gasteiger partial charge in [0, 0.05) is 13.0 Å². The van der Waals surface area contributed by atoms with Crippen molar-refractivity contribution in [2.24, 2.45) is 17.3 Å². The molecule has 0 spiro atoms. The van der Waals surface area contributed by atoms with Gasteiger partial charge in [-0.1, -0.05) is 6.92 Å². The highest BCUT2D eigenvalue weighted by Crippen LogP contribution is 2.60. The fourth-order valence-corrected chi connectivity index (χ4v) is 5.45. The first kappa shape index (κ1) is 18.2. The third kappa shape index (κ3) is 3.37. The van der Waals surface area contributed by atoms with E-state index in [0.717, 1.165) is 38.5 Å². The molecule has 0 amide bonds. The van der Waals surface area contributed by atoms with Crippen LogP contribution >= 0.6 is 0 Å². The molecule has 0 N–H and O–H groups in total. The van der Waals surface area contributed by atoms with Gasteiger partial charge in [-0.25, -0.2) is 0 Å². The molecule has 4 saturated carbocycles.